The number of aromatic nitrogens is 1. The Morgan fingerprint density at radius 2 is 2.29 bits per heavy atom. The van der Waals surface area contributed by atoms with Crippen molar-refractivity contribution in [1.29, 1.82) is 0 Å². The van der Waals surface area contributed by atoms with E-state index in [-0.39, 0.29) is 5.60 Å². The van der Waals surface area contributed by atoms with Gasteiger partial charge in [0.15, 0.2) is 0 Å². The molecule has 1 N–H and O–H groups in total. The van der Waals surface area contributed by atoms with Crippen molar-refractivity contribution in [2.45, 2.75) is 45.3 Å². The quantitative estimate of drug-likeness (QED) is 0.818. The second-order valence-corrected chi connectivity index (χ2v) is 6.36. The van der Waals surface area contributed by atoms with Crippen LogP contribution in [0.25, 0.3) is 0 Å². The van der Waals surface area contributed by atoms with Gasteiger partial charge in [0.1, 0.15) is 5.82 Å². The van der Waals surface area contributed by atoms with Gasteiger partial charge in [-0.3, -0.25) is 0 Å². The first-order valence-electron chi connectivity index (χ1n) is 7.74. The van der Waals surface area contributed by atoms with Crippen molar-refractivity contribution in [3.8, 4) is 0 Å². The predicted octanol–water partition coefficient (Wildman–Crippen LogP) is 3.24. The minimum absolute atomic E-state index is 0.0831. The van der Waals surface area contributed by atoms with Crippen molar-refractivity contribution in [3.05, 3.63) is 22.8 Å². The number of anilines is 1. The van der Waals surface area contributed by atoms with E-state index in [1.54, 1.807) is 7.11 Å². The Kier molecular flexibility index (Phi) is 5.85. The third kappa shape index (κ3) is 4.31. The highest BCUT2D eigenvalue weighted by Crippen LogP contribution is 2.28. The van der Waals surface area contributed by atoms with Crippen LogP contribution in [0, 0.1) is 0 Å². The SMILES string of the molecule is CCCNCc1nc(N2CCCC(C)(OC)C2)ccc1Cl. The van der Waals surface area contributed by atoms with E-state index >= 15 is 0 Å². The van der Waals surface area contributed by atoms with Crippen molar-refractivity contribution in [2.24, 2.45) is 0 Å². The number of pyridine rings is 1. The molecule has 1 fully saturated rings. The zero-order chi connectivity index (χ0) is 15.3. The molecule has 5 heteroatoms. The van der Waals surface area contributed by atoms with E-state index in [0.29, 0.717) is 0 Å². The van der Waals surface area contributed by atoms with Gasteiger partial charge >= 0.3 is 0 Å². The van der Waals surface area contributed by atoms with Crippen LogP contribution in [0.2, 0.25) is 5.02 Å². The lowest BCUT2D eigenvalue weighted by Gasteiger charge is -2.40. The molecule has 1 aromatic rings. The van der Waals surface area contributed by atoms with E-state index in [4.69, 9.17) is 21.3 Å². The van der Waals surface area contributed by atoms with E-state index in [1.165, 1.54) is 0 Å². The summed E-state index contributed by atoms with van der Waals surface area (Å²) >= 11 is 6.25. The molecule has 118 valence electrons. The van der Waals surface area contributed by atoms with Crippen LogP contribution in [0.4, 0.5) is 5.82 Å². The first-order chi connectivity index (χ1) is 10.1. The molecule has 0 aromatic carbocycles. The van der Waals surface area contributed by atoms with Crippen LogP contribution in [-0.2, 0) is 11.3 Å². The highest BCUT2D eigenvalue weighted by Gasteiger charge is 2.31. The summed E-state index contributed by atoms with van der Waals surface area (Å²) in [5.41, 5.74) is 0.840. The average Bonchev–Trinajstić information content (AvgIpc) is 2.49. The molecule has 1 atom stereocenters. The molecule has 1 saturated heterocycles. The van der Waals surface area contributed by atoms with Gasteiger partial charge in [-0.15, -0.1) is 0 Å². The van der Waals surface area contributed by atoms with Crippen LogP contribution in [0.3, 0.4) is 0 Å². The average molecular weight is 312 g/mol. The summed E-state index contributed by atoms with van der Waals surface area (Å²) in [6.45, 7) is 7.91. The van der Waals surface area contributed by atoms with Crippen LogP contribution in [0.1, 0.15) is 38.8 Å². The highest BCUT2D eigenvalue weighted by atomic mass is 35.5. The van der Waals surface area contributed by atoms with Crippen molar-refractivity contribution < 1.29 is 4.74 Å². The Bertz CT molecular complexity index is 469. The minimum atomic E-state index is -0.0831. The van der Waals surface area contributed by atoms with Gasteiger partial charge in [0.05, 0.1) is 16.3 Å². The molecule has 1 aliphatic rings. The highest BCUT2D eigenvalue weighted by molar-refractivity contribution is 6.31. The van der Waals surface area contributed by atoms with Crippen molar-refractivity contribution in [3.63, 3.8) is 0 Å². The zero-order valence-electron chi connectivity index (χ0n) is 13.3. The van der Waals surface area contributed by atoms with Crippen molar-refractivity contribution >= 4 is 17.4 Å². The molecule has 21 heavy (non-hydrogen) atoms. The Morgan fingerprint density at radius 3 is 3.00 bits per heavy atom. The summed E-state index contributed by atoms with van der Waals surface area (Å²) in [5, 5.41) is 4.09. The third-order valence-electron chi connectivity index (χ3n) is 4.10. The number of methoxy groups -OCH3 is 1. The maximum atomic E-state index is 6.25. The fraction of sp³-hybridized carbons (Fsp3) is 0.688. The molecule has 0 amide bonds. The van der Waals surface area contributed by atoms with E-state index in [9.17, 15) is 0 Å². The second-order valence-electron chi connectivity index (χ2n) is 5.95. The molecule has 0 spiro atoms. The Balaban J connectivity index is 2.10. The summed E-state index contributed by atoms with van der Waals surface area (Å²) in [4.78, 5) is 7.04. The maximum Gasteiger partial charge on any atom is 0.129 e. The monoisotopic (exact) mass is 311 g/mol. The molecule has 2 heterocycles. The fourth-order valence-electron chi connectivity index (χ4n) is 2.72. The molecule has 1 aliphatic heterocycles. The van der Waals surface area contributed by atoms with Crippen LogP contribution >= 0.6 is 11.6 Å². The molecule has 4 nitrogen and oxygen atoms in total. The number of nitrogens with one attached hydrogen (secondary N) is 1. The van der Waals surface area contributed by atoms with E-state index in [2.05, 4.69) is 24.1 Å². The standard InChI is InChI=1S/C16H26ClN3O/c1-4-9-18-11-14-13(17)6-7-15(19-14)20-10-5-8-16(2,12-20)21-3/h6-7,18H,4-5,8-12H2,1-3H3. The summed E-state index contributed by atoms with van der Waals surface area (Å²) < 4.78 is 5.66. The summed E-state index contributed by atoms with van der Waals surface area (Å²) in [5.74, 6) is 0.996. The Labute approximate surface area is 132 Å². The van der Waals surface area contributed by atoms with Gasteiger partial charge in [0, 0.05) is 26.7 Å². The second kappa shape index (κ2) is 7.43. The summed E-state index contributed by atoms with van der Waals surface area (Å²) in [6.07, 6.45) is 3.33. The number of hydrogen-bond donors (Lipinski definition) is 1. The fourth-order valence-corrected chi connectivity index (χ4v) is 2.90. The van der Waals surface area contributed by atoms with Crippen LogP contribution in [0.5, 0.6) is 0 Å². The van der Waals surface area contributed by atoms with Gasteiger partial charge in [-0.05, 0) is 44.9 Å². The predicted molar refractivity (Wildman–Crippen MR) is 88.1 cm³/mol. The van der Waals surface area contributed by atoms with Gasteiger partial charge in [0.2, 0.25) is 0 Å². The maximum absolute atomic E-state index is 6.25. The lowest BCUT2D eigenvalue weighted by Crippen LogP contribution is -2.47. The van der Waals surface area contributed by atoms with Crippen LogP contribution < -0.4 is 10.2 Å². The number of hydrogen-bond acceptors (Lipinski definition) is 4. The van der Waals surface area contributed by atoms with Crippen LogP contribution in [0.15, 0.2) is 12.1 Å². The molecule has 2 rings (SSSR count). The molecule has 0 saturated carbocycles. The molecule has 1 unspecified atom stereocenters. The summed E-state index contributed by atoms with van der Waals surface area (Å²) in [7, 11) is 1.79. The number of ether oxygens (including phenoxy) is 1. The van der Waals surface area contributed by atoms with Gasteiger partial charge < -0.3 is 15.0 Å². The number of rotatable bonds is 6. The molecule has 1 aromatic heterocycles. The number of nitrogens with zero attached hydrogens (tertiary/aromatic N) is 2. The molecule has 0 aliphatic carbocycles. The van der Waals surface area contributed by atoms with E-state index in [1.807, 2.05) is 12.1 Å². The molecule has 0 bridgehead atoms. The van der Waals surface area contributed by atoms with E-state index < -0.39 is 0 Å². The largest absolute Gasteiger partial charge is 0.377 e. The zero-order valence-corrected chi connectivity index (χ0v) is 14.0. The smallest absolute Gasteiger partial charge is 0.129 e. The van der Waals surface area contributed by atoms with Gasteiger partial charge in [-0.1, -0.05) is 18.5 Å². The molecule has 0 radical (unpaired) electrons. The molecular formula is C16H26ClN3O. The Hall–Kier alpha value is -0.840. The lowest BCUT2D eigenvalue weighted by molar-refractivity contribution is -0.00482. The lowest BCUT2D eigenvalue weighted by atomic mass is 9.95. The summed E-state index contributed by atoms with van der Waals surface area (Å²) in [6, 6.07) is 3.96. The van der Waals surface area contributed by atoms with Crippen LogP contribution in [-0.4, -0.2) is 37.3 Å². The van der Waals surface area contributed by atoms with Gasteiger partial charge in [0.25, 0.3) is 0 Å². The first-order valence-corrected chi connectivity index (χ1v) is 8.12. The van der Waals surface area contributed by atoms with E-state index in [0.717, 1.165) is 62.0 Å². The minimum Gasteiger partial charge on any atom is -0.377 e. The van der Waals surface area contributed by atoms with Gasteiger partial charge in [-0.2, -0.15) is 0 Å². The van der Waals surface area contributed by atoms with Crippen molar-refractivity contribution in [2.75, 3.05) is 31.6 Å². The molecular weight excluding hydrogens is 286 g/mol. The number of halogens is 1. The normalized spacial score (nSPS) is 22.6. The third-order valence-corrected chi connectivity index (χ3v) is 4.44. The Morgan fingerprint density at radius 1 is 1.48 bits per heavy atom. The topological polar surface area (TPSA) is 37.4 Å². The van der Waals surface area contributed by atoms with Gasteiger partial charge in [-0.25, -0.2) is 4.98 Å². The van der Waals surface area contributed by atoms with Crippen molar-refractivity contribution in [1.82, 2.24) is 10.3 Å². The number of piperidine rings is 1. The first kappa shape index (κ1) is 16.5.